The normalized spacial score (nSPS) is 16.9. The molecule has 0 saturated carbocycles. The number of esters is 1. The first-order valence-corrected chi connectivity index (χ1v) is 7.42. The molecule has 0 spiro atoms. The summed E-state index contributed by atoms with van der Waals surface area (Å²) in [5.41, 5.74) is 0.630. The van der Waals surface area contributed by atoms with Gasteiger partial charge in [0, 0.05) is 44.8 Å². The fourth-order valence-electron chi connectivity index (χ4n) is 2.43. The number of piperazine rings is 1. The van der Waals surface area contributed by atoms with Gasteiger partial charge in [-0.2, -0.15) is 0 Å². The lowest BCUT2D eigenvalue weighted by Crippen LogP contribution is -2.46. The molecular weight excluding hydrogens is 295 g/mol. The van der Waals surface area contributed by atoms with Crippen LogP contribution in [0.5, 0.6) is 0 Å². The van der Waals surface area contributed by atoms with E-state index in [1.807, 2.05) is 0 Å². The predicted molar refractivity (Wildman–Crippen MR) is 79.8 cm³/mol. The van der Waals surface area contributed by atoms with E-state index in [4.69, 9.17) is 11.6 Å². The molecule has 4 nitrogen and oxygen atoms in total. The van der Waals surface area contributed by atoms with Gasteiger partial charge in [0.15, 0.2) is 0 Å². The first-order chi connectivity index (χ1) is 10.1. The van der Waals surface area contributed by atoms with Crippen LogP contribution in [0.15, 0.2) is 18.2 Å². The molecule has 1 heterocycles. The Morgan fingerprint density at radius 3 is 2.62 bits per heavy atom. The Hall–Kier alpha value is -1.17. The van der Waals surface area contributed by atoms with Crippen molar-refractivity contribution < 1.29 is 13.9 Å². The van der Waals surface area contributed by atoms with E-state index in [1.54, 1.807) is 18.2 Å². The zero-order valence-electron chi connectivity index (χ0n) is 12.1. The van der Waals surface area contributed by atoms with Crippen LogP contribution in [0.4, 0.5) is 4.39 Å². The Kier molecular flexibility index (Phi) is 5.96. The summed E-state index contributed by atoms with van der Waals surface area (Å²) in [6.45, 7) is 4.74. The highest BCUT2D eigenvalue weighted by molar-refractivity contribution is 6.30. The highest BCUT2D eigenvalue weighted by atomic mass is 35.5. The largest absolute Gasteiger partial charge is 0.469 e. The molecule has 116 valence electrons. The Morgan fingerprint density at radius 1 is 1.29 bits per heavy atom. The molecule has 0 aromatic heterocycles. The fourth-order valence-corrected chi connectivity index (χ4v) is 2.63. The van der Waals surface area contributed by atoms with E-state index in [9.17, 15) is 9.18 Å². The molecule has 1 aromatic carbocycles. The van der Waals surface area contributed by atoms with Gasteiger partial charge in [-0.3, -0.25) is 9.69 Å². The van der Waals surface area contributed by atoms with Crippen molar-refractivity contribution in [2.75, 3.05) is 39.8 Å². The molecule has 21 heavy (non-hydrogen) atoms. The Labute approximate surface area is 129 Å². The molecule has 0 amide bonds. The second-order valence-electron chi connectivity index (χ2n) is 5.16. The minimum atomic E-state index is -0.327. The van der Waals surface area contributed by atoms with Gasteiger partial charge in [-0.15, -0.1) is 0 Å². The maximum absolute atomic E-state index is 13.9. The first-order valence-electron chi connectivity index (χ1n) is 7.04. The number of methoxy groups -OCH3 is 1. The zero-order valence-corrected chi connectivity index (χ0v) is 12.9. The standard InChI is InChI=1S/C15H20ClFN2O2/c1-21-14(20)5-6-18-7-9-19(10-8-18)11-12-3-2-4-13(16)15(12)17/h2-4H,5-11H2,1H3. The molecule has 1 fully saturated rings. The Bertz CT molecular complexity index is 491. The monoisotopic (exact) mass is 314 g/mol. The molecule has 0 N–H and O–H groups in total. The van der Waals surface area contributed by atoms with Crippen LogP contribution in [-0.4, -0.2) is 55.6 Å². The summed E-state index contributed by atoms with van der Waals surface area (Å²) in [4.78, 5) is 15.5. The van der Waals surface area contributed by atoms with E-state index < -0.39 is 0 Å². The third-order valence-electron chi connectivity index (χ3n) is 3.75. The van der Waals surface area contributed by atoms with E-state index in [-0.39, 0.29) is 16.8 Å². The van der Waals surface area contributed by atoms with Crippen LogP contribution in [0.2, 0.25) is 5.02 Å². The second-order valence-corrected chi connectivity index (χ2v) is 5.56. The van der Waals surface area contributed by atoms with E-state index in [0.717, 1.165) is 26.2 Å². The lowest BCUT2D eigenvalue weighted by atomic mass is 10.2. The van der Waals surface area contributed by atoms with Crippen LogP contribution in [0.25, 0.3) is 0 Å². The van der Waals surface area contributed by atoms with Gasteiger partial charge in [-0.05, 0) is 6.07 Å². The molecule has 0 unspecified atom stereocenters. The van der Waals surface area contributed by atoms with Gasteiger partial charge in [0.2, 0.25) is 0 Å². The van der Waals surface area contributed by atoms with Crippen molar-refractivity contribution in [3.63, 3.8) is 0 Å². The van der Waals surface area contributed by atoms with Crippen molar-refractivity contribution in [1.82, 2.24) is 9.80 Å². The number of halogens is 2. The van der Waals surface area contributed by atoms with Gasteiger partial charge in [-0.1, -0.05) is 23.7 Å². The van der Waals surface area contributed by atoms with Crippen LogP contribution in [-0.2, 0) is 16.1 Å². The quantitative estimate of drug-likeness (QED) is 0.780. The highest BCUT2D eigenvalue weighted by Gasteiger charge is 2.19. The van der Waals surface area contributed by atoms with Crippen LogP contribution in [0, 0.1) is 5.82 Å². The van der Waals surface area contributed by atoms with Gasteiger partial charge in [0.25, 0.3) is 0 Å². The SMILES string of the molecule is COC(=O)CCN1CCN(Cc2cccc(Cl)c2F)CC1. The predicted octanol–water partition coefficient (Wildman–Crippen LogP) is 2.16. The molecule has 1 aliphatic rings. The van der Waals surface area contributed by atoms with Crippen molar-refractivity contribution in [2.24, 2.45) is 0 Å². The molecule has 1 aliphatic heterocycles. The maximum atomic E-state index is 13.9. The highest BCUT2D eigenvalue weighted by Crippen LogP contribution is 2.19. The Balaban J connectivity index is 1.79. The topological polar surface area (TPSA) is 32.8 Å². The van der Waals surface area contributed by atoms with Gasteiger partial charge in [0.05, 0.1) is 18.6 Å². The number of ether oxygens (including phenoxy) is 1. The summed E-state index contributed by atoms with van der Waals surface area (Å²) in [5, 5.41) is 0.171. The van der Waals surface area contributed by atoms with E-state index in [1.165, 1.54) is 7.11 Å². The van der Waals surface area contributed by atoms with Crippen LogP contribution >= 0.6 is 11.6 Å². The average Bonchev–Trinajstić information content (AvgIpc) is 2.51. The Morgan fingerprint density at radius 2 is 1.95 bits per heavy atom. The van der Waals surface area contributed by atoms with Crippen molar-refractivity contribution >= 4 is 17.6 Å². The maximum Gasteiger partial charge on any atom is 0.306 e. The number of nitrogens with zero attached hydrogens (tertiary/aromatic N) is 2. The molecule has 0 radical (unpaired) electrons. The van der Waals surface area contributed by atoms with Gasteiger partial charge in [0.1, 0.15) is 5.82 Å². The van der Waals surface area contributed by atoms with Gasteiger partial charge < -0.3 is 9.64 Å². The molecule has 1 aromatic rings. The first kappa shape index (κ1) is 16.2. The molecule has 0 aliphatic carbocycles. The number of benzene rings is 1. The van der Waals surface area contributed by atoms with Crippen molar-refractivity contribution in [3.05, 3.63) is 34.6 Å². The summed E-state index contributed by atoms with van der Waals surface area (Å²) >= 11 is 5.79. The summed E-state index contributed by atoms with van der Waals surface area (Å²) < 4.78 is 18.5. The number of rotatable bonds is 5. The van der Waals surface area contributed by atoms with Crippen molar-refractivity contribution in [2.45, 2.75) is 13.0 Å². The summed E-state index contributed by atoms with van der Waals surface area (Å²) in [6, 6.07) is 5.10. The van der Waals surface area contributed by atoms with Crippen LogP contribution < -0.4 is 0 Å². The van der Waals surface area contributed by atoms with Gasteiger partial charge in [-0.25, -0.2) is 4.39 Å². The molecule has 2 rings (SSSR count). The lowest BCUT2D eigenvalue weighted by Gasteiger charge is -2.34. The van der Waals surface area contributed by atoms with Gasteiger partial charge >= 0.3 is 5.97 Å². The summed E-state index contributed by atoms with van der Waals surface area (Å²) in [5.74, 6) is -0.509. The molecule has 6 heteroatoms. The van der Waals surface area contributed by atoms with Crippen LogP contribution in [0.1, 0.15) is 12.0 Å². The molecule has 0 bridgehead atoms. The minimum Gasteiger partial charge on any atom is -0.469 e. The third kappa shape index (κ3) is 4.66. The number of carbonyl (C=O) groups is 1. The van der Waals surface area contributed by atoms with E-state index >= 15 is 0 Å². The fraction of sp³-hybridized carbons (Fsp3) is 0.533. The van der Waals surface area contributed by atoms with E-state index in [2.05, 4.69) is 14.5 Å². The smallest absolute Gasteiger partial charge is 0.306 e. The number of hydrogen-bond acceptors (Lipinski definition) is 4. The summed E-state index contributed by atoms with van der Waals surface area (Å²) in [7, 11) is 1.40. The molecule has 0 atom stereocenters. The zero-order chi connectivity index (χ0) is 15.2. The van der Waals surface area contributed by atoms with Crippen LogP contribution in [0.3, 0.4) is 0 Å². The molecular formula is C15H20ClFN2O2. The molecule has 1 saturated heterocycles. The lowest BCUT2D eigenvalue weighted by molar-refractivity contribution is -0.141. The number of carbonyl (C=O) groups excluding carboxylic acids is 1. The van der Waals surface area contributed by atoms with E-state index in [0.29, 0.717) is 25.1 Å². The number of hydrogen-bond donors (Lipinski definition) is 0. The average molecular weight is 315 g/mol. The second kappa shape index (κ2) is 7.73. The third-order valence-corrected chi connectivity index (χ3v) is 4.04. The van der Waals surface area contributed by atoms with Crippen molar-refractivity contribution in [1.29, 1.82) is 0 Å². The minimum absolute atomic E-state index is 0.171. The summed E-state index contributed by atoms with van der Waals surface area (Å²) in [6.07, 6.45) is 0.416. The van der Waals surface area contributed by atoms with Crippen molar-refractivity contribution in [3.8, 4) is 0 Å².